The van der Waals surface area contributed by atoms with Crippen molar-refractivity contribution in [1.82, 2.24) is 19.8 Å². The minimum atomic E-state index is -2.65. The molecular formula is C30H39FN5O5PS. The lowest BCUT2D eigenvalue weighted by Gasteiger charge is -2.35. The Morgan fingerprint density at radius 2 is 1.88 bits per heavy atom. The molecule has 0 spiro atoms. The van der Waals surface area contributed by atoms with Gasteiger partial charge in [-0.1, -0.05) is 19.9 Å². The van der Waals surface area contributed by atoms with E-state index in [0.29, 0.717) is 34.0 Å². The van der Waals surface area contributed by atoms with Crippen LogP contribution < -0.4 is 5.73 Å². The van der Waals surface area contributed by atoms with Gasteiger partial charge in [0, 0.05) is 49.2 Å². The summed E-state index contributed by atoms with van der Waals surface area (Å²) >= 11 is 1.22. The van der Waals surface area contributed by atoms with E-state index < -0.39 is 20.2 Å². The summed E-state index contributed by atoms with van der Waals surface area (Å²) in [6, 6.07) is 8.50. The molecule has 3 amide bonds. The highest BCUT2D eigenvalue weighted by Crippen LogP contribution is 2.45. The molecule has 43 heavy (non-hydrogen) atoms. The molecule has 10 nitrogen and oxygen atoms in total. The summed E-state index contributed by atoms with van der Waals surface area (Å²) in [7, 11) is -2.65. The van der Waals surface area contributed by atoms with Crippen LogP contribution in [-0.4, -0.2) is 73.5 Å². The number of carbonyl (C=O) groups excluding carboxylic acids is 3. The van der Waals surface area contributed by atoms with Gasteiger partial charge in [-0.05, 0) is 72.7 Å². The first-order valence-corrected chi connectivity index (χ1v) is 16.6. The zero-order valence-corrected chi connectivity index (χ0v) is 26.1. The number of rotatable bonds is 5. The third kappa shape index (κ3) is 8.32. The minimum absolute atomic E-state index is 0.183. The Kier molecular flexibility index (Phi) is 11.5. The highest BCUT2D eigenvalue weighted by atomic mass is 32.1. The number of fused-ring (bicyclic) bond motifs is 2. The minimum Gasteiger partial charge on any atom is -0.365 e. The molecule has 3 saturated heterocycles. The fourth-order valence-electron chi connectivity index (χ4n) is 5.76. The number of halogens is 1. The van der Waals surface area contributed by atoms with Crippen molar-refractivity contribution < 1.29 is 28.6 Å². The highest BCUT2D eigenvalue weighted by molar-refractivity contribution is 7.45. The molecule has 5 heterocycles. The number of thiophene rings is 1. The van der Waals surface area contributed by atoms with Crippen molar-refractivity contribution in [3.05, 3.63) is 59.0 Å². The van der Waals surface area contributed by atoms with E-state index in [2.05, 4.69) is 28.7 Å². The maximum Gasteiger partial charge on any atom is 0.258 e. The number of aromatic nitrogens is 2. The molecule has 232 valence electrons. The summed E-state index contributed by atoms with van der Waals surface area (Å²) in [5, 5.41) is 0.667. The number of primary amides is 1. The van der Waals surface area contributed by atoms with Crippen LogP contribution >= 0.6 is 19.7 Å². The molecule has 4 N–H and O–H groups in total. The van der Waals surface area contributed by atoms with Crippen molar-refractivity contribution in [1.29, 1.82) is 0 Å². The van der Waals surface area contributed by atoms with E-state index >= 15 is 0 Å². The van der Waals surface area contributed by atoms with Gasteiger partial charge in [-0.15, -0.1) is 11.3 Å². The number of nitrogens with two attached hydrogens (primary N) is 1. The van der Waals surface area contributed by atoms with Crippen LogP contribution in [0.5, 0.6) is 0 Å². The first kappa shape index (κ1) is 32.9. The van der Waals surface area contributed by atoms with E-state index in [-0.39, 0.29) is 5.56 Å². The first-order chi connectivity index (χ1) is 20.6. The van der Waals surface area contributed by atoms with Crippen LogP contribution in [0, 0.1) is 11.8 Å². The molecule has 0 radical (unpaired) electrons. The fraction of sp³-hybridized carbons (Fsp3) is 0.500. The Bertz CT molecular complexity index is 1390. The van der Waals surface area contributed by atoms with Crippen molar-refractivity contribution in [3.8, 4) is 0 Å². The van der Waals surface area contributed by atoms with Gasteiger partial charge in [0.15, 0.2) is 5.91 Å². The molecule has 3 aliphatic rings. The SMILES string of the molecule is CC1[C@H](C)CCCC(=O)N2CCC[C@H]12.NC(=O)c1cc2cc(C(F)P(O)O)ccc2s1.O=CN1CC(c2ncccn2)C1. The van der Waals surface area contributed by atoms with E-state index in [4.69, 9.17) is 15.5 Å². The second kappa shape index (κ2) is 15.1. The largest absolute Gasteiger partial charge is 0.365 e. The average Bonchev–Trinajstić information content (AvgIpc) is 3.64. The van der Waals surface area contributed by atoms with E-state index in [0.717, 1.165) is 55.3 Å². The highest BCUT2D eigenvalue weighted by Gasteiger charge is 2.36. The predicted molar refractivity (Wildman–Crippen MR) is 165 cm³/mol. The Hall–Kier alpha value is -3.05. The third-order valence-corrected chi connectivity index (χ3v) is 10.3. The Morgan fingerprint density at radius 1 is 1.16 bits per heavy atom. The summed E-state index contributed by atoms with van der Waals surface area (Å²) in [5.74, 6) is 0.746. The number of amides is 3. The van der Waals surface area contributed by atoms with Gasteiger partial charge in [0.1, 0.15) is 5.82 Å². The number of hydrogen-bond donors (Lipinski definition) is 3. The third-order valence-electron chi connectivity index (χ3n) is 8.44. The van der Waals surface area contributed by atoms with Crippen molar-refractivity contribution in [3.63, 3.8) is 0 Å². The lowest BCUT2D eigenvalue weighted by Crippen LogP contribution is -2.44. The molecule has 3 fully saturated rings. The number of alkyl halides is 1. The molecule has 3 aliphatic heterocycles. The van der Waals surface area contributed by atoms with Crippen LogP contribution in [0.3, 0.4) is 0 Å². The average molecular weight is 632 g/mol. The molecule has 3 aromatic rings. The van der Waals surface area contributed by atoms with E-state index in [9.17, 15) is 18.8 Å². The number of hydrogen-bond acceptors (Lipinski definition) is 8. The molecule has 0 bridgehead atoms. The number of nitrogens with zero attached hydrogens (tertiary/aromatic N) is 4. The standard InChI is InChI=1S/C12H21NO.C10H9FNO3PS.C8H9N3O/c1-9-5-3-7-12(14)13-8-4-6-11(13)10(9)2;11-9(16(14)15)5-1-2-7-6(3-5)4-8(17-7)10(12)13;12-6-11-4-7(5-11)8-9-2-1-3-10-8/h9-11H,3-8H2,1-2H3;1-4,9,14-15H,(H2,12,13);1-3,6-7H,4-5H2/t9-,10?,11-;;/m1../s1. The maximum absolute atomic E-state index is 13.4. The number of carbonyl (C=O) groups is 3. The quantitative estimate of drug-likeness (QED) is 0.272. The topological polar surface area (TPSA) is 150 Å². The van der Waals surface area contributed by atoms with Crippen LogP contribution in [-0.2, 0) is 9.59 Å². The monoisotopic (exact) mass is 631 g/mol. The van der Waals surface area contributed by atoms with Crippen molar-refractivity contribution in [2.45, 2.75) is 63.8 Å². The lowest BCUT2D eigenvalue weighted by molar-refractivity contribution is -0.134. The summed E-state index contributed by atoms with van der Waals surface area (Å²) in [6.45, 7) is 7.20. The summed E-state index contributed by atoms with van der Waals surface area (Å²) in [4.78, 5) is 63.2. The molecule has 6 rings (SSSR count). The normalized spacial score (nSPS) is 22.7. The Balaban J connectivity index is 0.000000150. The van der Waals surface area contributed by atoms with Crippen molar-refractivity contribution in [2.75, 3.05) is 19.6 Å². The van der Waals surface area contributed by atoms with E-state index in [1.807, 2.05) is 0 Å². The van der Waals surface area contributed by atoms with Gasteiger partial charge in [-0.3, -0.25) is 14.4 Å². The van der Waals surface area contributed by atoms with Gasteiger partial charge in [-0.2, -0.15) is 0 Å². The van der Waals surface area contributed by atoms with E-state index in [1.54, 1.807) is 35.5 Å². The van der Waals surface area contributed by atoms with Gasteiger partial charge in [0.2, 0.25) is 20.7 Å². The van der Waals surface area contributed by atoms with Crippen LogP contribution in [0.2, 0.25) is 0 Å². The molecule has 13 heteroatoms. The number of likely N-dealkylation sites (tertiary alicyclic amines) is 1. The molecule has 4 atom stereocenters. The smallest absolute Gasteiger partial charge is 0.258 e. The van der Waals surface area contributed by atoms with Crippen molar-refractivity contribution >= 4 is 48.0 Å². The van der Waals surface area contributed by atoms with Gasteiger partial charge in [0.05, 0.1) is 10.8 Å². The molecule has 2 unspecified atom stereocenters. The second-order valence-corrected chi connectivity index (χ2v) is 13.5. The van der Waals surface area contributed by atoms with Gasteiger partial charge in [-0.25, -0.2) is 14.4 Å². The summed E-state index contributed by atoms with van der Waals surface area (Å²) in [5.41, 5.74) is 5.33. The molecule has 0 aliphatic carbocycles. The fourth-order valence-corrected chi connectivity index (χ4v) is 7.08. The molecule has 0 saturated carbocycles. The Labute approximate surface area is 256 Å². The first-order valence-electron chi connectivity index (χ1n) is 14.5. The van der Waals surface area contributed by atoms with Crippen LogP contribution in [0.15, 0.2) is 42.7 Å². The van der Waals surface area contributed by atoms with E-state index in [1.165, 1.54) is 42.7 Å². The van der Waals surface area contributed by atoms with Crippen LogP contribution in [0.1, 0.15) is 78.8 Å². The van der Waals surface area contributed by atoms with Gasteiger partial charge < -0.3 is 25.3 Å². The predicted octanol–water partition coefficient (Wildman–Crippen LogP) is 4.73. The molecular weight excluding hydrogens is 592 g/mol. The zero-order valence-electron chi connectivity index (χ0n) is 24.4. The van der Waals surface area contributed by atoms with Gasteiger partial charge >= 0.3 is 0 Å². The Morgan fingerprint density at radius 3 is 2.53 bits per heavy atom. The number of benzene rings is 1. The lowest BCUT2D eigenvalue weighted by atomic mass is 9.83. The molecule has 2 aromatic heterocycles. The summed E-state index contributed by atoms with van der Waals surface area (Å²) < 4.78 is 14.2. The maximum atomic E-state index is 13.4. The molecule has 1 aromatic carbocycles. The van der Waals surface area contributed by atoms with Gasteiger partial charge in [0.25, 0.3) is 5.91 Å². The van der Waals surface area contributed by atoms with Crippen LogP contribution in [0.4, 0.5) is 4.39 Å². The van der Waals surface area contributed by atoms with Crippen molar-refractivity contribution in [2.24, 2.45) is 17.6 Å². The second-order valence-electron chi connectivity index (χ2n) is 11.3. The van der Waals surface area contributed by atoms with Crippen LogP contribution in [0.25, 0.3) is 10.1 Å². The zero-order chi connectivity index (χ0) is 31.1. The summed E-state index contributed by atoms with van der Waals surface area (Å²) in [6.07, 6.45) is 9.88.